The Bertz CT molecular complexity index is 992. The SMILES string of the molecule is Cn1c(=O)c2c([nH]c(=S)n2Cc2ccccc2)n(C)c1=O. The van der Waals surface area contributed by atoms with Crippen molar-refractivity contribution >= 4 is 23.4 Å². The molecule has 0 aliphatic carbocycles. The number of benzene rings is 1. The fourth-order valence-corrected chi connectivity index (χ4v) is 2.65. The molecule has 7 heteroatoms. The summed E-state index contributed by atoms with van der Waals surface area (Å²) in [5.74, 6) is 0. The van der Waals surface area contributed by atoms with Crippen LogP contribution in [-0.4, -0.2) is 18.7 Å². The van der Waals surface area contributed by atoms with E-state index in [2.05, 4.69) is 4.98 Å². The number of H-pyrrole nitrogens is 1. The van der Waals surface area contributed by atoms with Gasteiger partial charge in [0, 0.05) is 14.1 Å². The molecule has 21 heavy (non-hydrogen) atoms. The number of hydrogen-bond acceptors (Lipinski definition) is 3. The molecule has 2 heterocycles. The minimum absolute atomic E-state index is 0.351. The Hall–Kier alpha value is -2.41. The number of aromatic amines is 1. The maximum Gasteiger partial charge on any atom is 0.332 e. The second-order valence-electron chi connectivity index (χ2n) is 4.90. The fraction of sp³-hybridized carbons (Fsp3) is 0.214. The van der Waals surface area contributed by atoms with Gasteiger partial charge in [-0.1, -0.05) is 30.3 Å². The highest BCUT2D eigenvalue weighted by Gasteiger charge is 2.15. The van der Waals surface area contributed by atoms with E-state index >= 15 is 0 Å². The van der Waals surface area contributed by atoms with Crippen LogP contribution in [0.25, 0.3) is 11.2 Å². The van der Waals surface area contributed by atoms with Crippen molar-refractivity contribution in [1.29, 1.82) is 0 Å². The smallest absolute Gasteiger partial charge is 0.316 e. The Labute approximate surface area is 124 Å². The number of rotatable bonds is 2. The van der Waals surface area contributed by atoms with E-state index in [1.165, 1.54) is 11.6 Å². The maximum absolute atomic E-state index is 12.4. The van der Waals surface area contributed by atoms with E-state index < -0.39 is 0 Å². The zero-order chi connectivity index (χ0) is 15.1. The number of aromatic nitrogens is 4. The summed E-state index contributed by atoms with van der Waals surface area (Å²) in [6, 6.07) is 9.73. The van der Waals surface area contributed by atoms with Crippen molar-refractivity contribution in [3.05, 3.63) is 61.5 Å². The lowest BCUT2D eigenvalue weighted by Gasteiger charge is -2.07. The predicted octanol–water partition coefficient (Wildman–Crippen LogP) is 1.14. The van der Waals surface area contributed by atoms with Crippen LogP contribution in [0.3, 0.4) is 0 Å². The second kappa shape index (κ2) is 4.85. The summed E-state index contributed by atoms with van der Waals surface area (Å²) >= 11 is 5.30. The minimum Gasteiger partial charge on any atom is -0.316 e. The van der Waals surface area contributed by atoms with Gasteiger partial charge in [-0.2, -0.15) is 0 Å². The fourth-order valence-electron chi connectivity index (χ4n) is 2.40. The van der Waals surface area contributed by atoms with Crippen LogP contribution in [0.4, 0.5) is 0 Å². The first-order valence-electron chi connectivity index (χ1n) is 6.43. The van der Waals surface area contributed by atoms with Crippen LogP contribution in [0.1, 0.15) is 5.56 Å². The topological polar surface area (TPSA) is 64.7 Å². The first kappa shape index (κ1) is 13.6. The van der Waals surface area contributed by atoms with Gasteiger partial charge in [0.25, 0.3) is 5.56 Å². The largest absolute Gasteiger partial charge is 0.332 e. The van der Waals surface area contributed by atoms with E-state index in [1.807, 2.05) is 30.3 Å². The molecule has 0 amide bonds. The number of hydrogen-bond donors (Lipinski definition) is 1. The number of aryl methyl sites for hydroxylation is 1. The summed E-state index contributed by atoms with van der Waals surface area (Å²) in [5, 5.41) is 0. The molecule has 0 unspecified atom stereocenters. The van der Waals surface area contributed by atoms with Crippen molar-refractivity contribution in [3.8, 4) is 0 Å². The van der Waals surface area contributed by atoms with E-state index in [0.717, 1.165) is 10.1 Å². The van der Waals surface area contributed by atoms with Crippen LogP contribution in [0.2, 0.25) is 0 Å². The monoisotopic (exact) mass is 302 g/mol. The van der Waals surface area contributed by atoms with Gasteiger partial charge in [0.15, 0.2) is 10.3 Å². The Morgan fingerprint density at radius 2 is 1.76 bits per heavy atom. The molecule has 0 aliphatic heterocycles. The highest BCUT2D eigenvalue weighted by atomic mass is 32.1. The average molecular weight is 302 g/mol. The third-order valence-corrected chi connectivity index (χ3v) is 3.89. The predicted molar refractivity (Wildman–Crippen MR) is 83.1 cm³/mol. The van der Waals surface area contributed by atoms with Crippen LogP contribution >= 0.6 is 12.2 Å². The number of fused-ring (bicyclic) bond motifs is 1. The van der Waals surface area contributed by atoms with Crippen LogP contribution in [0.15, 0.2) is 39.9 Å². The lowest BCUT2D eigenvalue weighted by atomic mass is 10.2. The van der Waals surface area contributed by atoms with E-state index in [0.29, 0.717) is 22.5 Å². The Morgan fingerprint density at radius 3 is 2.43 bits per heavy atom. The molecule has 2 aromatic heterocycles. The van der Waals surface area contributed by atoms with Gasteiger partial charge in [0.05, 0.1) is 6.54 Å². The van der Waals surface area contributed by atoms with Crippen LogP contribution in [-0.2, 0) is 20.6 Å². The second-order valence-corrected chi connectivity index (χ2v) is 5.29. The summed E-state index contributed by atoms with van der Waals surface area (Å²) in [4.78, 5) is 27.3. The molecule has 0 radical (unpaired) electrons. The van der Waals surface area contributed by atoms with Gasteiger partial charge >= 0.3 is 5.69 Å². The first-order valence-corrected chi connectivity index (χ1v) is 6.84. The van der Waals surface area contributed by atoms with Gasteiger partial charge < -0.3 is 9.55 Å². The summed E-state index contributed by atoms with van der Waals surface area (Å²) < 4.78 is 4.63. The maximum atomic E-state index is 12.4. The molecule has 0 fully saturated rings. The Balaban J connectivity index is 2.35. The van der Waals surface area contributed by atoms with E-state index in [-0.39, 0.29) is 11.2 Å². The molecule has 0 saturated carbocycles. The van der Waals surface area contributed by atoms with Crippen molar-refractivity contribution in [3.63, 3.8) is 0 Å². The third-order valence-electron chi connectivity index (χ3n) is 3.56. The van der Waals surface area contributed by atoms with E-state index in [9.17, 15) is 9.59 Å². The lowest BCUT2D eigenvalue weighted by Crippen LogP contribution is -2.37. The van der Waals surface area contributed by atoms with Crippen LogP contribution in [0, 0.1) is 4.77 Å². The minimum atomic E-state index is -0.379. The van der Waals surface area contributed by atoms with Crippen LogP contribution < -0.4 is 11.2 Å². The van der Waals surface area contributed by atoms with Gasteiger partial charge in [-0.05, 0) is 17.8 Å². The highest BCUT2D eigenvalue weighted by Crippen LogP contribution is 2.11. The molecular formula is C14H14N4O2S. The number of imidazole rings is 1. The number of nitrogens with zero attached hydrogens (tertiary/aromatic N) is 3. The zero-order valence-electron chi connectivity index (χ0n) is 11.7. The highest BCUT2D eigenvalue weighted by molar-refractivity contribution is 7.71. The summed E-state index contributed by atoms with van der Waals surface area (Å²) in [6.45, 7) is 0.479. The van der Waals surface area contributed by atoms with Gasteiger partial charge in [-0.3, -0.25) is 13.9 Å². The molecule has 0 atom stereocenters. The van der Waals surface area contributed by atoms with Crippen LogP contribution in [0.5, 0.6) is 0 Å². The Kier molecular flexibility index (Phi) is 3.13. The molecule has 1 aromatic carbocycles. The molecule has 1 N–H and O–H groups in total. The van der Waals surface area contributed by atoms with Gasteiger partial charge in [0.2, 0.25) is 0 Å². The standard InChI is InChI=1S/C14H14N4O2S/c1-16-11-10(12(19)17(2)14(16)20)18(13(21)15-11)8-9-6-4-3-5-7-9/h3-7H,8H2,1-2H3,(H,15,21). The lowest BCUT2D eigenvalue weighted by molar-refractivity contribution is 0.702. The molecule has 3 aromatic rings. The molecule has 0 saturated heterocycles. The van der Waals surface area contributed by atoms with Gasteiger partial charge in [-0.15, -0.1) is 0 Å². The normalized spacial score (nSPS) is 11.1. The van der Waals surface area contributed by atoms with Crippen molar-refractivity contribution < 1.29 is 0 Å². The molecular weight excluding hydrogens is 288 g/mol. The summed E-state index contributed by atoms with van der Waals surface area (Å²) in [5.41, 5.74) is 1.16. The Morgan fingerprint density at radius 1 is 1.10 bits per heavy atom. The molecule has 0 spiro atoms. The summed E-state index contributed by atoms with van der Waals surface area (Å²) in [7, 11) is 3.08. The molecule has 3 rings (SSSR count). The van der Waals surface area contributed by atoms with Gasteiger partial charge in [0.1, 0.15) is 5.65 Å². The first-order chi connectivity index (χ1) is 10.0. The van der Waals surface area contributed by atoms with Crippen molar-refractivity contribution in [2.45, 2.75) is 6.54 Å². The third kappa shape index (κ3) is 2.06. The summed E-state index contributed by atoms with van der Waals surface area (Å²) in [6.07, 6.45) is 0. The van der Waals surface area contributed by atoms with E-state index in [4.69, 9.17) is 12.2 Å². The molecule has 0 bridgehead atoms. The average Bonchev–Trinajstić information content (AvgIpc) is 2.81. The number of nitrogens with one attached hydrogen (secondary N) is 1. The molecule has 0 aliphatic rings. The van der Waals surface area contributed by atoms with Crippen molar-refractivity contribution in [1.82, 2.24) is 18.7 Å². The van der Waals surface area contributed by atoms with Gasteiger partial charge in [-0.25, -0.2) is 4.79 Å². The van der Waals surface area contributed by atoms with E-state index in [1.54, 1.807) is 11.6 Å². The van der Waals surface area contributed by atoms with Crippen molar-refractivity contribution in [2.24, 2.45) is 14.1 Å². The molecule has 108 valence electrons. The molecule has 6 nitrogen and oxygen atoms in total. The zero-order valence-corrected chi connectivity index (χ0v) is 12.5. The quantitative estimate of drug-likeness (QED) is 0.722. The van der Waals surface area contributed by atoms with Crippen molar-refractivity contribution in [2.75, 3.05) is 0 Å².